The summed E-state index contributed by atoms with van der Waals surface area (Å²) >= 11 is 6.17. The van der Waals surface area contributed by atoms with E-state index >= 15 is 0 Å². The Morgan fingerprint density at radius 3 is 1.43 bits per heavy atom. The summed E-state index contributed by atoms with van der Waals surface area (Å²) in [5, 5.41) is 0. The van der Waals surface area contributed by atoms with Crippen LogP contribution in [0.4, 0.5) is 9.59 Å². The van der Waals surface area contributed by atoms with Crippen LogP contribution in [0.15, 0.2) is 60.7 Å². The average molecular weight is 756 g/mol. The van der Waals surface area contributed by atoms with E-state index in [0.717, 1.165) is 45.9 Å². The van der Waals surface area contributed by atoms with E-state index in [2.05, 4.69) is 84.9 Å². The lowest BCUT2D eigenvalue weighted by molar-refractivity contribution is -0.0637. The molecule has 3 saturated heterocycles. The molecule has 0 spiro atoms. The molecule has 5 rings (SSSR count). The fourth-order valence-electron chi connectivity index (χ4n) is 7.35. The molecular formula is C42H66ClN5O5. The van der Waals surface area contributed by atoms with Crippen molar-refractivity contribution in [3.8, 4) is 0 Å². The number of morpholine rings is 1. The molecule has 53 heavy (non-hydrogen) atoms. The molecule has 0 aliphatic carbocycles. The average Bonchev–Trinajstić information content (AvgIpc) is 3.07. The molecule has 3 aliphatic rings. The Kier molecular flexibility index (Phi) is 15.5. The Bertz CT molecular complexity index is 1410. The zero-order valence-corrected chi connectivity index (χ0v) is 34.7. The van der Waals surface area contributed by atoms with Crippen molar-refractivity contribution >= 4 is 23.8 Å². The summed E-state index contributed by atoms with van der Waals surface area (Å²) in [4.78, 5) is 36.5. The molecule has 6 atom stereocenters. The molecule has 3 fully saturated rings. The van der Waals surface area contributed by atoms with E-state index < -0.39 is 11.2 Å². The van der Waals surface area contributed by atoms with Gasteiger partial charge in [0.2, 0.25) is 0 Å². The standard InChI is InChI=1S/C24H39N3O3.C18H27ClN2O2/c1-18-12-25(13-21-10-8-7-9-11-21)22(14-26-19(2)16-29-17-20(26)3)15-27(18)23(28)30-24(4,5)6;1-14-11-20(12-15-8-6-5-7-9-15)16(10-19)13-21(14)17(22)23-18(2,3)4/h7-11,18-20,22H,12-17H2,1-6H3;5-9,14,16H,10-13H2,1-4H3/t18-,19-,20-,22+;14-,16+/m11/s1. The number of alkyl halides is 1. The third-order valence-corrected chi connectivity index (χ3v) is 10.4. The Morgan fingerprint density at radius 2 is 1.04 bits per heavy atom. The van der Waals surface area contributed by atoms with Gasteiger partial charge in [-0.25, -0.2) is 9.59 Å². The molecule has 0 N–H and O–H groups in total. The van der Waals surface area contributed by atoms with Gasteiger partial charge in [0.25, 0.3) is 0 Å². The van der Waals surface area contributed by atoms with E-state index in [-0.39, 0.29) is 36.4 Å². The van der Waals surface area contributed by atoms with Crippen molar-refractivity contribution < 1.29 is 23.8 Å². The summed E-state index contributed by atoms with van der Waals surface area (Å²) in [5.74, 6) is 0.499. The molecule has 296 valence electrons. The predicted octanol–water partition coefficient (Wildman–Crippen LogP) is 7.34. The van der Waals surface area contributed by atoms with Crippen LogP contribution in [0.25, 0.3) is 0 Å². The first kappa shape index (κ1) is 42.8. The van der Waals surface area contributed by atoms with E-state index in [1.165, 1.54) is 11.1 Å². The summed E-state index contributed by atoms with van der Waals surface area (Å²) < 4.78 is 17.0. The highest BCUT2D eigenvalue weighted by Gasteiger charge is 2.39. The van der Waals surface area contributed by atoms with Gasteiger partial charge in [-0.15, -0.1) is 11.6 Å². The number of carbonyl (C=O) groups is 2. The maximum Gasteiger partial charge on any atom is 0.410 e. The van der Waals surface area contributed by atoms with Crippen molar-refractivity contribution in [1.29, 1.82) is 0 Å². The lowest BCUT2D eigenvalue weighted by Gasteiger charge is -2.49. The number of amides is 2. The molecule has 10 nitrogen and oxygen atoms in total. The minimum absolute atomic E-state index is 0.105. The van der Waals surface area contributed by atoms with Crippen LogP contribution in [0.1, 0.15) is 80.4 Å². The van der Waals surface area contributed by atoms with Crippen LogP contribution in [0.3, 0.4) is 0 Å². The first-order valence-corrected chi connectivity index (χ1v) is 19.9. The maximum atomic E-state index is 12.9. The van der Waals surface area contributed by atoms with Gasteiger partial charge in [0.05, 0.1) is 13.2 Å². The fraction of sp³-hybridized carbons (Fsp3) is 0.667. The highest BCUT2D eigenvalue weighted by molar-refractivity contribution is 6.18. The number of piperazine rings is 2. The summed E-state index contributed by atoms with van der Waals surface area (Å²) in [7, 11) is 0. The Morgan fingerprint density at radius 1 is 0.642 bits per heavy atom. The van der Waals surface area contributed by atoms with Gasteiger partial charge in [-0.3, -0.25) is 14.7 Å². The van der Waals surface area contributed by atoms with Gasteiger partial charge < -0.3 is 24.0 Å². The van der Waals surface area contributed by atoms with Crippen LogP contribution in [-0.4, -0.2) is 136 Å². The van der Waals surface area contributed by atoms with E-state index in [0.29, 0.717) is 31.1 Å². The smallest absolute Gasteiger partial charge is 0.410 e. The van der Waals surface area contributed by atoms with Crippen molar-refractivity contribution in [3.05, 3.63) is 71.8 Å². The second-order valence-electron chi connectivity index (χ2n) is 17.2. The number of rotatable bonds is 7. The van der Waals surface area contributed by atoms with Crippen LogP contribution < -0.4 is 0 Å². The van der Waals surface area contributed by atoms with Crippen LogP contribution in [-0.2, 0) is 27.3 Å². The lowest BCUT2D eigenvalue weighted by Crippen LogP contribution is -2.63. The van der Waals surface area contributed by atoms with Gasteiger partial charge in [-0.05, 0) is 80.4 Å². The number of hydrogen-bond acceptors (Lipinski definition) is 8. The number of carbonyl (C=O) groups excluding carboxylic acids is 2. The van der Waals surface area contributed by atoms with Crippen LogP contribution in [0, 0.1) is 0 Å². The topological polar surface area (TPSA) is 78.0 Å². The van der Waals surface area contributed by atoms with E-state index in [9.17, 15) is 9.59 Å². The second kappa shape index (κ2) is 19.1. The normalized spacial score (nSPS) is 26.4. The zero-order chi connectivity index (χ0) is 38.9. The number of halogens is 1. The Hall–Kier alpha value is -2.89. The second-order valence-corrected chi connectivity index (χ2v) is 17.5. The lowest BCUT2D eigenvalue weighted by atomic mass is 10.0. The van der Waals surface area contributed by atoms with Gasteiger partial charge >= 0.3 is 12.2 Å². The molecule has 0 bridgehead atoms. The van der Waals surface area contributed by atoms with Gasteiger partial charge in [0.1, 0.15) is 11.2 Å². The van der Waals surface area contributed by atoms with Crippen LogP contribution >= 0.6 is 11.6 Å². The quantitative estimate of drug-likeness (QED) is 0.272. The zero-order valence-electron chi connectivity index (χ0n) is 34.0. The van der Waals surface area contributed by atoms with Crippen molar-refractivity contribution in [2.75, 3.05) is 51.8 Å². The van der Waals surface area contributed by atoms with Crippen molar-refractivity contribution in [3.63, 3.8) is 0 Å². The van der Waals surface area contributed by atoms with E-state index in [1.54, 1.807) is 4.90 Å². The molecular weight excluding hydrogens is 690 g/mol. The third-order valence-electron chi connectivity index (χ3n) is 10.1. The molecule has 2 amide bonds. The van der Waals surface area contributed by atoms with Crippen molar-refractivity contribution in [2.45, 2.75) is 130 Å². The number of benzene rings is 2. The summed E-state index contributed by atoms with van der Waals surface area (Å²) in [6.07, 6.45) is -0.457. The van der Waals surface area contributed by atoms with Crippen LogP contribution in [0.5, 0.6) is 0 Å². The van der Waals surface area contributed by atoms with Crippen LogP contribution in [0.2, 0.25) is 0 Å². The number of nitrogens with zero attached hydrogens (tertiary/aromatic N) is 5. The van der Waals surface area contributed by atoms with Gasteiger partial charge in [0, 0.05) is 87.9 Å². The molecule has 3 aliphatic heterocycles. The van der Waals surface area contributed by atoms with Gasteiger partial charge in [-0.1, -0.05) is 60.7 Å². The van der Waals surface area contributed by atoms with Gasteiger partial charge in [0.15, 0.2) is 0 Å². The highest BCUT2D eigenvalue weighted by Crippen LogP contribution is 2.25. The number of hydrogen-bond donors (Lipinski definition) is 0. The van der Waals surface area contributed by atoms with Crippen molar-refractivity contribution in [2.24, 2.45) is 0 Å². The molecule has 0 saturated carbocycles. The monoisotopic (exact) mass is 755 g/mol. The molecule has 2 aromatic rings. The summed E-state index contributed by atoms with van der Waals surface area (Å²) in [6.45, 7) is 27.2. The molecule has 11 heteroatoms. The fourth-order valence-corrected chi connectivity index (χ4v) is 7.64. The largest absolute Gasteiger partial charge is 0.444 e. The first-order valence-electron chi connectivity index (χ1n) is 19.4. The van der Waals surface area contributed by atoms with Crippen molar-refractivity contribution in [1.82, 2.24) is 24.5 Å². The van der Waals surface area contributed by atoms with E-state index in [1.807, 2.05) is 64.6 Å². The molecule has 0 radical (unpaired) electrons. The first-order chi connectivity index (χ1) is 24.9. The van der Waals surface area contributed by atoms with E-state index in [4.69, 9.17) is 25.8 Å². The SMILES string of the molecule is C[C@@H]1CN(Cc2ccccc2)[C@@H](CCl)CN1C(=O)OC(C)(C)C.C[C@@H]1CN(Cc2ccccc2)[C@@H](CN2[C@H](C)COC[C@H]2C)CN1C(=O)OC(C)(C)C. The molecule has 0 aromatic heterocycles. The number of ether oxygens (including phenoxy) is 3. The minimum Gasteiger partial charge on any atom is -0.444 e. The molecule has 0 unspecified atom stereocenters. The molecule has 2 aromatic carbocycles. The summed E-state index contributed by atoms with van der Waals surface area (Å²) in [5.41, 5.74) is 1.61. The van der Waals surface area contributed by atoms with Gasteiger partial charge in [-0.2, -0.15) is 0 Å². The Balaban J connectivity index is 0.000000245. The summed E-state index contributed by atoms with van der Waals surface area (Å²) in [6, 6.07) is 22.3. The predicted molar refractivity (Wildman–Crippen MR) is 213 cm³/mol. The minimum atomic E-state index is -0.485. The maximum absolute atomic E-state index is 12.9. The molecule has 3 heterocycles. The highest BCUT2D eigenvalue weighted by atomic mass is 35.5. The third kappa shape index (κ3) is 13.1. The Labute approximate surface area is 324 Å².